The summed E-state index contributed by atoms with van der Waals surface area (Å²) in [5.41, 5.74) is -2.32. The number of nitrogens with one attached hydrogen (secondary N) is 1. The van der Waals surface area contributed by atoms with E-state index in [9.17, 15) is 13.2 Å². The number of alkyl halides is 1. The first-order chi connectivity index (χ1) is 9.53. The summed E-state index contributed by atoms with van der Waals surface area (Å²) in [5.74, 6) is 1.24. The van der Waals surface area contributed by atoms with Gasteiger partial charge in [0.15, 0.2) is 9.84 Å². The van der Waals surface area contributed by atoms with E-state index in [-0.39, 0.29) is 17.7 Å². The lowest BCUT2D eigenvalue weighted by Gasteiger charge is -2.43. The molecule has 0 radical (unpaired) electrons. The molecular weight excluding hydrogens is 293 g/mol. The number of sulfone groups is 1. The summed E-state index contributed by atoms with van der Waals surface area (Å²) in [5, 5.41) is 0. The molecule has 1 aliphatic heterocycles. The summed E-state index contributed by atoms with van der Waals surface area (Å²) >= 11 is 0. The fourth-order valence-electron chi connectivity index (χ4n) is 2.83. The van der Waals surface area contributed by atoms with E-state index in [2.05, 4.69) is 10.9 Å². The van der Waals surface area contributed by atoms with Crippen molar-refractivity contribution in [2.24, 2.45) is 5.92 Å². The van der Waals surface area contributed by atoms with Gasteiger partial charge < -0.3 is 4.98 Å². The number of aromatic amines is 1. The topological polar surface area (TPSA) is 67.0 Å². The van der Waals surface area contributed by atoms with Crippen LogP contribution in [0.15, 0.2) is 17.1 Å². The molecule has 114 valence electrons. The number of H-pyrrole nitrogens is 1. The smallest absolute Gasteiger partial charge is 0.254 e. The predicted molar refractivity (Wildman–Crippen MR) is 79.4 cm³/mol. The Balaban J connectivity index is 2.63. The Bertz CT molecular complexity index is 773. The van der Waals surface area contributed by atoms with Gasteiger partial charge in [-0.05, 0) is 19.9 Å². The van der Waals surface area contributed by atoms with E-state index in [1.807, 2.05) is 0 Å². The van der Waals surface area contributed by atoms with Crippen molar-refractivity contribution >= 4 is 9.84 Å². The molecule has 2 atom stereocenters. The minimum Gasteiger partial charge on any atom is -0.328 e. The van der Waals surface area contributed by atoms with Gasteiger partial charge >= 0.3 is 0 Å². The zero-order valence-corrected chi connectivity index (χ0v) is 13.1. The summed E-state index contributed by atoms with van der Waals surface area (Å²) in [6.07, 6.45) is 6.36. The summed E-state index contributed by atoms with van der Waals surface area (Å²) in [4.78, 5) is 14.4. The molecule has 1 N–H and O–H groups in total. The van der Waals surface area contributed by atoms with Crippen LogP contribution in [-0.4, -0.2) is 23.9 Å². The van der Waals surface area contributed by atoms with Gasteiger partial charge in [0.1, 0.15) is 5.67 Å². The first-order valence-corrected chi connectivity index (χ1v) is 8.30. The van der Waals surface area contributed by atoms with E-state index in [1.165, 1.54) is 33.0 Å². The average Bonchev–Trinajstić information content (AvgIpc) is 2.36. The number of rotatable bonds is 1. The molecule has 1 saturated heterocycles. The second kappa shape index (κ2) is 4.70. The van der Waals surface area contributed by atoms with Gasteiger partial charge in [-0.3, -0.25) is 4.79 Å². The lowest BCUT2D eigenvalue weighted by Crippen LogP contribution is -2.52. The van der Waals surface area contributed by atoms with Crippen molar-refractivity contribution in [2.45, 2.75) is 37.6 Å². The number of aromatic nitrogens is 1. The third-order valence-electron chi connectivity index (χ3n) is 4.29. The lowest BCUT2D eigenvalue weighted by atomic mass is 9.78. The van der Waals surface area contributed by atoms with Crippen LogP contribution in [0.5, 0.6) is 0 Å². The third-order valence-corrected chi connectivity index (χ3v) is 7.06. The third kappa shape index (κ3) is 2.40. The summed E-state index contributed by atoms with van der Waals surface area (Å²) in [7, 11) is -3.41. The van der Waals surface area contributed by atoms with Crippen LogP contribution in [0.1, 0.15) is 38.3 Å². The Morgan fingerprint density at radius 2 is 2.10 bits per heavy atom. The summed E-state index contributed by atoms with van der Waals surface area (Å²) in [6, 6.07) is 1.34. The van der Waals surface area contributed by atoms with Crippen molar-refractivity contribution in [3.63, 3.8) is 0 Å². The second-order valence-electron chi connectivity index (χ2n) is 6.26. The normalized spacial score (nSPS) is 30.5. The van der Waals surface area contributed by atoms with Crippen LogP contribution in [0, 0.1) is 18.3 Å². The van der Waals surface area contributed by atoms with Gasteiger partial charge in [0, 0.05) is 24.1 Å². The molecule has 1 fully saturated rings. The van der Waals surface area contributed by atoms with E-state index < -0.39 is 31.7 Å². The maximum absolute atomic E-state index is 15.6. The monoisotopic (exact) mass is 311 g/mol. The molecular formula is C15H18FNO3S. The second-order valence-corrected chi connectivity index (χ2v) is 8.92. The highest BCUT2D eigenvalue weighted by Crippen LogP contribution is 2.47. The zero-order chi connectivity index (χ0) is 16.1. The molecule has 2 heterocycles. The van der Waals surface area contributed by atoms with Crippen LogP contribution in [0.4, 0.5) is 4.39 Å². The molecule has 1 aromatic rings. The maximum atomic E-state index is 15.6. The quantitative estimate of drug-likeness (QED) is 0.804. The minimum absolute atomic E-state index is 0.0894. The predicted octanol–water partition coefficient (Wildman–Crippen LogP) is 1.75. The van der Waals surface area contributed by atoms with Crippen molar-refractivity contribution in [3.8, 4) is 12.3 Å². The Hall–Kier alpha value is -1.61. The Morgan fingerprint density at radius 3 is 2.67 bits per heavy atom. The first-order valence-electron chi connectivity index (χ1n) is 6.64. The van der Waals surface area contributed by atoms with E-state index in [0.29, 0.717) is 5.56 Å². The molecule has 1 aliphatic rings. The molecule has 0 aromatic carbocycles. The number of halogens is 1. The van der Waals surface area contributed by atoms with Crippen LogP contribution < -0.4 is 5.56 Å². The molecule has 21 heavy (non-hydrogen) atoms. The molecule has 0 aliphatic carbocycles. The zero-order valence-electron chi connectivity index (χ0n) is 12.2. The van der Waals surface area contributed by atoms with E-state index in [1.54, 1.807) is 0 Å². The highest BCUT2D eigenvalue weighted by molar-refractivity contribution is 7.92. The molecule has 0 bridgehead atoms. The van der Waals surface area contributed by atoms with E-state index >= 15 is 4.39 Å². The SMILES string of the molecule is C#Cc1c[nH]c(=O)c([C@@]2(F)CC(C)(C)S(=O)(=O)C[C@@H]2C)c1. The van der Waals surface area contributed by atoms with Crippen LogP contribution in [0.25, 0.3) is 0 Å². The molecule has 6 heteroatoms. The molecule has 1 aromatic heterocycles. The Labute approximate surface area is 123 Å². The van der Waals surface area contributed by atoms with Crippen molar-refractivity contribution in [1.29, 1.82) is 0 Å². The van der Waals surface area contributed by atoms with E-state index in [4.69, 9.17) is 6.42 Å². The largest absolute Gasteiger partial charge is 0.328 e. The van der Waals surface area contributed by atoms with Crippen molar-refractivity contribution in [1.82, 2.24) is 4.98 Å². The first kappa shape index (κ1) is 15.8. The van der Waals surface area contributed by atoms with Gasteiger partial charge in [0.05, 0.1) is 16.1 Å². The summed E-state index contributed by atoms with van der Waals surface area (Å²) in [6.45, 7) is 4.48. The average molecular weight is 311 g/mol. The number of hydrogen-bond donors (Lipinski definition) is 1. The molecule has 0 unspecified atom stereocenters. The van der Waals surface area contributed by atoms with Gasteiger partial charge in [-0.1, -0.05) is 12.8 Å². The fraction of sp³-hybridized carbons (Fsp3) is 0.533. The van der Waals surface area contributed by atoms with Crippen molar-refractivity contribution in [3.05, 3.63) is 33.7 Å². The van der Waals surface area contributed by atoms with Gasteiger partial charge in [-0.15, -0.1) is 6.42 Å². The maximum Gasteiger partial charge on any atom is 0.254 e. The standard InChI is InChI=1S/C15H18FNO3S/c1-5-11-6-12(13(18)17-7-11)15(16)9-14(3,4)21(19,20)8-10(15)2/h1,6-7,10H,8-9H2,2-4H3,(H,17,18)/t10-,15+/m0/s1. The van der Waals surface area contributed by atoms with Gasteiger partial charge in [-0.2, -0.15) is 0 Å². The van der Waals surface area contributed by atoms with E-state index in [0.717, 1.165) is 0 Å². The fourth-order valence-corrected chi connectivity index (χ4v) is 4.63. The number of terminal acetylenes is 1. The molecule has 4 nitrogen and oxygen atoms in total. The molecule has 0 amide bonds. The van der Waals surface area contributed by atoms with Crippen LogP contribution >= 0.6 is 0 Å². The highest BCUT2D eigenvalue weighted by atomic mass is 32.2. The number of hydrogen-bond acceptors (Lipinski definition) is 3. The van der Waals surface area contributed by atoms with Crippen molar-refractivity contribution in [2.75, 3.05) is 5.75 Å². The number of pyridine rings is 1. The Morgan fingerprint density at radius 1 is 1.48 bits per heavy atom. The lowest BCUT2D eigenvalue weighted by molar-refractivity contribution is 0.0661. The van der Waals surface area contributed by atoms with Crippen molar-refractivity contribution < 1.29 is 12.8 Å². The van der Waals surface area contributed by atoms with Crippen LogP contribution in [0.2, 0.25) is 0 Å². The highest BCUT2D eigenvalue weighted by Gasteiger charge is 2.55. The summed E-state index contributed by atoms with van der Waals surface area (Å²) < 4.78 is 38.6. The van der Waals surface area contributed by atoms with Crippen LogP contribution in [-0.2, 0) is 15.5 Å². The van der Waals surface area contributed by atoms with Gasteiger partial charge in [0.2, 0.25) is 0 Å². The molecule has 2 rings (SSSR count). The van der Waals surface area contributed by atoms with Gasteiger partial charge in [-0.25, -0.2) is 12.8 Å². The van der Waals surface area contributed by atoms with Crippen LogP contribution in [0.3, 0.4) is 0 Å². The minimum atomic E-state index is -3.41. The molecule has 0 saturated carbocycles. The molecule has 0 spiro atoms. The van der Waals surface area contributed by atoms with Gasteiger partial charge in [0.25, 0.3) is 5.56 Å². The Kier molecular flexibility index (Phi) is 3.53.